The molecule has 5 heteroatoms. The van der Waals surface area contributed by atoms with Crippen molar-refractivity contribution in [3.05, 3.63) is 101 Å². The van der Waals surface area contributed by atoms with E-state index in [1.165, 1.54) is 12.3 Å². The molecule has 0 aliphatic heterocycles. The van der Waals surface area contributed by atoms with Crippen LogP contribution in [0.2, 0.25) is 0 Å². The first-order chi connectivity index (χ1) is 13.1. The van der Waals surface area contributed by atoms with Crippen molar-refractivity contribution in [1.29, 1.82) is 0 Å². The Bertz CT molecular complexity index is 927. The van der Waals surface area contributed by atoms with E-state index in [0.29, 0.717) is 17.9 Å². The van der Waals surface area contributed by atoms with Crippen molar-refractivity contribution in [2.75, 3.05) is 0 Å². The van der Waals surface area contributed by atoms with Crippen LogP contribution in [-0.4, -0.2) is 11.8 Å². The number of rotatable bonds is 6. The fourth-order valence-corrected chi connectivity index (χ4v) is 2.44. The zero-order chi connectivity index (χ0) is 19.1. The molecule has 0 radical (unpaired) electrons. The molecule has 2 N–H and O–H groups in total. The average molecular weight is 360 g/mol. The summed E-state index contributed by atoms with van der Waals surface area (Å²) in [6.07, 6.45) is 3.01. The summed E-state index contributed by atoms with van der Waals surface area (Å²) in [7, 11) is 0. The Morgan fingerprint density at radius 1 is 0.963 bits per heavy atom. The van der Waals surface area contributed by atoms with Gasteiger partial charge in [0.05, 0.1) is 6.26 Å². The lowest BCUT2D eigenvalue weighted by molar-refractivity contribution is -0.117. The Balaban J connectivity index is 1.74. The standard InChI is InChI=1S/C22H20N2O3/c1-16-9-11-17(12-10-16)15-23-22(26)20(14-19-8-5-13-27-19)24-21(25)18-6-3-2-4-7-18/h2-14H,15H2,1H3,(H,23,26)(H,24,25)/b20-14-. The van der Waals surface area contributed by atoms with Gasteiger partial charge in [0.15, 0.2) is 0 Å². The van der Waals surface area contributed by atoms with Gasteiger partial charge in [0.25, 0.3) is 11.8 Å². The quantitative estimate of drug-likeness (QED) is 0.659. The molecule has 27 heavy (non-hydrogen) atoms. The lowest BCUT2D eigenvalue weighted by Gasteiger charge is -2.11. The van der Waals surface area contributed by atoms with E-state index in [-0.39, 0.29) is 11.6 Å². The minimum atomic E-state index is -0.392. The number of nitrogens with one attached hydrogen (secondary N) is 2. The highest BCUT2D eigenvalue weighted by atomic mass is 16.3. The first-order valence-electron chi connectivity index (χ1n) is 8.57. The minimum absolute atomic E-state index is 0.117. The van der Waals surface area contributed by atoms with Crippen molar-refractivity contribution >= 4 is 17.9 Å². The van der Waals surface area contributed by atoms with E-state index in [1.54, 1.807) is 36.4 Å². The van der Waals surface area contributed by atoms with Crippen molar-refractivity contribution in [2.45, 2.75) is 13.5 Å². The molecular formula is C22H20N2O3. The van der Waals surface area contributed by atoms with Gasteiger partial charge in [0.2, 0.25) is 0 Å². The second-order valence-electron chi connectivity index (χ2n) is 6.06. The number of hydrogen-bond acceptors (Lipinski definition) is 3. The number of hydrogen-bond donors (Lipinski definition) is 2. The van der Waals surface area contributed by atoms with Crippen molar-refractivity contribution in [2.24, 2.45) is 0 Å². The molecule has 5 nitrogen and oxygen atoms in total. The average Bonchev–Trinajstić information content (AvgIpc) is 3.20. The molecule has 0 bridgehead atoms. The molecule has 3 rings (SSSR count). The van der Waals surface area contributed by atoms with E-state index in [1.807, 2.05) is 37.3 Å². The highest BCUT2D eigenvalue weighted by Crippen LogP contribution is 2.09. The predicted octanol–water partition coefficient (Wildman–Crippen LogP) is 3.68. The molecule has 0 saturated carbocycles. The van der Waals surface area contributed by atoms with Crippen LogP contribution < -0.4 is 10.6 Å². The molecule has 0 spiro atoms. The van der Waals surface area contributed by atoms with E-state index >= 15 is 0 Å². The van der Waals surface area contributed by atoms with E-state index in [9.17, 15) is 9.59 Å². The molecule has 0 fully saturated rings. The van der Waals surface area contributed by atoms with Crippen LogP contribution in [-0.2, 0) is 11.3 Å². The number of benzene rings is 2. The molecule has 0 aliphatic carbocycles. The normalized spacial score (nSPS) is 11.1. The van der Waals surface area contributed by atoms with E-state index in [2.05, 4.69) is 10.6 Å². The third-order valence-electron chi connectivity index (χ3n) is 3.93. The predicted molar refractivity (Wildman–Crippen MR) is 104 cm³/mol. The summed E-state index contributed by atoms with van der Waals surface area (Å²) < 4.78 is 5.27. The summed E-state index contributed by atoms with van der Waals surface area (Å²) in [6, 6.07) is 20.0. The van der Waals surface area contributed by atoms with E-state index < -0.39 is 5.91 Å². The maximum Gasteiger partial charge on any atom is 0.268 e. The van der Waals surface area contributed by atoms with Crippen molar-refractivity contribution in [3.8, 4) is 0 Å². The highest BCUT2D eigenvalue weighted by Gasteiger charge is 2.15. The van der Waals surface area contributed by atoms with Crippen molar-refractivity contribution in [3.63, 3.8) is 0 Å². The first kappa shape index (κ1) is 18.2. The van der Waals surface area contributed by atoms with Gasteiger partial charge in [-0.2, -0.15) is 0 Å². The summed E-state index contributed by atoms with van der Waals surface area (Å²) in [6.45, 7) is 2.36. The number of amides is 2. The van der Waals surface area contributed by atoms with Gasteiger partial charge in [-0.1, -0.05) is 48.0 Å². The monoisotopic (exact) mass is 360 g/mol. The van der Waals surface area contributed by atoms with Gasteiger partial charge in [-0.3, -0.25) is 9.59 Å². The van der Waals surface area contributed by atoms with Crippen LogP contribution >= 0.6 is 0 Å². The third kappa shape index (κ3) is 5.19. The summed E-state index contributed by atoms with van der Waals surface area (Å²) in [4.78, 5) is 25.1. The van der Waals surface area contributed by atoms with Crippen LogP contribution in [0.15, 0.2) is 83.1 Å². The van der Waals surface area contributed by atoms with Crippen molar-refractivity contribution < 1.29 is 14.0 Å². The molecule has 0 saturated heterocycles. The SMILES string of the molecule is Cc1ccc(CNC(=O)/C(=C/c2ccco2)NC(=O)c2ccccc2)cc1. The lowest BCUT2D eigenvalue weighted by atomic mass is 10.1. The molecule has 0 unspecified atom stereocenters. The molecule has 2 amide bonds. The number of furan rings is 1. The molecule has 0 atom stereocenters. The second-order valence-corrected chi connectivity index (χ2v) is 6.06. The zero-order valence-electron chi connectivity index (χ0n) is 14.9. The van der Waals surface area contributed by atoms with Crippen LogP contribution in [0.4, 0.5) is 0 Å². The first-order valence-corrected chi connectivity index (χ1v) is 8.57. The fourth-order valence-electron chi connectivity index (χ4n) is 2.44. The minimum Gasteiger partial charge on any atom is -0.465 e. The zero-order valence-corrected chi connectivity index (χ0v) is 14.9. The summed E-state index contributed by atoms with van der Waals surface area (Å²) in [5.74, 6) is -0.279. The van der Waals surface area contributed by atoms with Gasteiger partial charge in [0.1, 0.15) is 11.5 Å². The maximum atomic E-state index is 12.6. The Kier molecular flexibility index (Phi) is 5.84. The summed E-state index contributed by atoms with van der Waals surface area (Å²) >= 11 is 0. The molecule has 3 aromatic rings. The topological polar surface area (TPSA) is 71.3 Å². The second kappa shape index (κ2) is 8.67. The van der Waals surface area contributed by atoms with Gasteiger partial charge in [-0.15, -0.1) is 0 Å². The molecule has 1 aromatic heterocycles. The summed E-state index contributed by atoms with van der Waals surface area (Å²) in [5, 5.41) is 5.49. The molecule has 1 heterocycles. The smallest absolute Gasteiger partial charge is 0.268 e. The number of carbonyl (C=O) groups is 2. The van der Waals surface area contributed by atoms with Crippen LogP contribution in [0.5, 0.6) is 0 Å². The summed E-state index contributed by atoms with van der Waals surface area (Å²) in [5.41, 5.74) is 2.71. The molecule has 0 aliphatic rings. The Hall–Kier alpha value is -3.60. The highest BCUT2D eigenvalue weighted by molar-refractivity contribution is 6.05. The van der Waals surface area contributed by atoms with Crippen molar-refractivity contribution in [1.82, 2.24) is 10.6 Å². The number of aryl methyl sites for hydroxylation is 1. The number of carbonyl (C=O) groups excluding carboxylic acids is 2. The van der Waals surface area contributed by atoms with Crippen LogP contribution in [0.1, 0.15) is 27.2 Å². The van der Waals surface area contributed by atoms with E-state index in [0.717, 1.165) is 11.1 Å². The molecule has 136 valence electrons. The molecular weight excluding hydrogens is 340 g/mol. The Morgan fingerprint density at radius 2 is 1.70 bits per heavy atom. The van der Waals surface area contributed by atoms with Crippen LogP contribution in [0, 0.1) is 6.92 Å². The van der Waals surface area contributed by atoms with Crippen LogP contribution in [0.25, 0.3) is 6.08 Å². The Morgan fingerprint density at radius 3 is 2.37 bits per heavy atom. The van der Waals surface area contributed by atoms with Gasteiger partial charge < -0.3 is 15.1 Å². The molecule has 2 aromatic carbocycles. The largest absolute Gasteiger partial charge is 0.465 e. The van der Waals surface area contributed by atoms with E-state index in [4.69, 9.17) is 4.42 Å². The maximum absolute atomic E-state index is 12.6. The lowest BCUT2D eigenvalue weighted by Crippen LogP contribution is -2.34. The van der Waals surface area contributed by atoms with Gasteiger partial charge in [-0.25, -0.2) is 0 Å². The fraction of sp³-hybridized carbons (Fsp3) is 0.0909. The van der Waals surface area contributed by atoms with Gasteiger partial charge in [0, 0.05) is 18.2 Å². The van der Waals surface area contributed by atoms with Crippen LogP contribution in [0.3, 0.4) is 0 Å². The Labute approximate surface area is 157 Å². The third-order valence-corrected chi connectivity index (χ3v) is 3.93. The van der Waals surface area contributed by atoms with Gasteiger partial charge >= 0.3 is 0 Å². The van der Waals surface area contributed by atoms with Gasteiger partial charge in [-0.05, 0) is 36.8 Å².